The van der Waals surface area contributed by atoms with E-state index in [4.69, 9.17) is 5.73 Å². The third-order valence-corrected chi connectivity index (χ3v) is 5.35. The van der Waals surface area contributed by atoms with Crippen molar-refractivity contribution in [3.63, 3.8) is 0 Å². The van der Waals surface area contributed by atoms with Crippen molar-refractivity contribution in [3.05, 3.63) is 65.2 Å². The Morgan fingerprint density at radius 3 is 2.36 bits per heavy atom. The summed E-state index contributed by atoms with van der Waals surface area (Å²) in [6.45, 7) is 6.71. The molecule has 2 aromatic rings. The molecule has 5 nitrogen and oxygen atoms in total. The predicted molar refractivity (Wildman–Crippen MR) is 112 cm³/mol. The average molecular weight is 380 g/mol. The lowest BCUT2D eigenvalue weighted by molar-refractivity contribution is -0.117. The summed E-state index contributed by atoms with van der Waals surface area (Å²) < 4.78 is 0. The van der Waals surface area contributed by atoms with Gasteiger partial charge in [0.1, 0.15) is 0 Å². The Bertz CT molecular complexity index is 845. The quantitative estimate of drug-likeness (QED) is 0.683. The van der Waals surface area contributed by atoms with E-state index in [-0.39, 0.29) is 23.8 Å². The molecule has 0 saturated heterocycles. The van der Waals surface area contributed by atoms with Gasteiger partial charge < -0.3 is 16.4 Å². The lowest BCUT2D eigenvalue weighted by atomic mass is 9.99. The van der Waals surface area contributed by atoms with Gasteiger partial charge in [-0.05, 0) is 47.6 Å². The number of nitrogens with two attached hydrogens (primary N) is 1. The van der Waals surface area contributed by atoms with Crippen LogP contribution in [0.15, 0.2) is 48.5 Å². The first kappa shape index (κ1) is 20.1. The van der Waals surface area contributed by atoms with Crippen molar-refractivity contribution < 1.29 is 9.59 Å². The van der Waals surface area contributed by atoms with Gasteiger partial charge in [-0.15, -0.1) is 0 Å². The van der Waals surface area contributed by atoms with Gasteiger partial charge in [0, 0.05) is 29.8 Å². The van der Waals surface area contributed by atoms with Crippen LogP contribution in [-0.2, 0) is 4.79 Å². The van der Waals surface area contributed by atoms with Gasteiger partial charge in [0.15, 0.2) is 0 Å². The van der Waals surface area contributed by atoms with Crippen LogP contribution in [0.2, 0.25) is 0 Å². The number of rotatable bonds is 7. The smallest absolute Gasteiger partial charge is 0.251 e. The molecule has 2 amide bonds. The summed E-state index contributed by atoms with van der Waals surface area (Å²) in [6.07, 6.45) is 0.933. The van der Waals surface area contributed by atoms with Crippen LogP contribution < -0.4 is 16.4 Å². The Morgan fingerprint density at radius 1 is 1.11 bits per heavy atom. The molecule has 0 aromatic heterocycles. The average Bonchev–Trinajstić information content (AvgIpc) is 3.43. The third-order valence-electron chi connectivity index (χ3n) is 5.35. The molecule has 5 heteroatoms. The lowest BCUT2D eigenvalue weighted by Gasteiger charge is -2.15. The highest BCUT2D eigenvalue weighted by Crippen LogP contribution is 2.38. The lowest BCUT2D eigenvalue weighted by Crippen LogP contribution is -2.32. The molecule has 0 heterocycles. The van der Waals surface area contributed by atoms with Crippen LogP contribution in [0.4, 0.5) is 5.69 Å². The van der Waals surface area contributed by atoms with Crippen molar-refractivity contribution in [2.24, 2.45) is 17.6 Å². The summed E-state index contributed by atoms with van der Waals surface area (Å²) in [4.78, 5) is 24.6. The van der Waals surface area contributed by atoms with Crippen LogP contribution in [0, 0.1) is 11.8 Å². The Balaban J connectivity index is 1.55. The number of hydrogen-bond acceptors (Lipinski definition) is 3. The molecular weight excluding hydrogens is 350 g/mol. The first-order valence-electron chi connectivity index (χ1n) is 9.89. The van der Waals surface area contributed by atoms with Crippen LogP contribution in [0.25, 0.3) is 0 Å². The molecular formula is C23H29N3O2. The minimum absolute atomic E-state index is 0.0249. The number of hydrogen-bond donors (Lipinski definition) is 3. The van der Waals surface area contributed by atoms with E-state index < -0.39 is 0 Å². The largest absolute Gasteiger partial charge is 0.350 e. The van der Waals surface area contributed by atoms with Gasteiger partial charge >= 0.3 is 0 Å². The second-order valence-corrected chi connectivity index (χ2v) is 8.03. The number of amides is 2. The minimum atomic E-state index is -0.274. The molecule has 0 aliphatic heterocycles. The van der Waals surface area contributed by atoms with Gasteiger partial charge in [-0.25, -0.2) is 0 Å². The van der Waals surface area contributed by atoms with Crippen molar-refractivity contribution in [2.45, 2.75) is 39.2 Å². The summed E-state index contributed by atoms with van der Waals surface area (Å²) in [6, 6.07) is 14.9. The zero-order valence-electron chi connectivity index (χ0n) is 16.7. The van der Waals surface area contributed by atoms with Gasteiger partial charge in [-0.3, -0.25) is 9.59 Å². The van der Waals surface area contributed by atoms with E-state index in [1.165, 1.54) is 5.56 Å². The maximum atomic E-state index is 12.5. The monoisotopic (exact) mass is 379 g/mol. The fourth-order valence-corrected chi connectivity index (χ4v) is 3.21. The number of carbonyl (C=O) groups excluding carboxylic acids is 2. The van der Waals surface area contributed by atoms with E-state index in [1.807, 2.05) is 12.1 Å². The van der Waals surface area contributed by atoms with Gasteiger partial charge in [-0.1, -0.05) is 51.1 Å². The van der Waals surface area contributed by atoms with Gasteiger partial charge in [0.25, 0.3) is 5.91 Å². The highest BCUT2D eigenvalue weighted by Gasteiger charge is 2.39. The Morgan fingerprint density at radius 2 is 1.75 bits per heavy atom. The Hall–Kier alpha value is -2.66. The second-order valence-electron chi connectivity index (χ2n) is 8.03. The van der Waals surface area contributed by atoms with E-state index in [0.29, 0.717) is 29.6 Å². The van der Waals surface area contributed by atoms with Crippen molar-refractivity contribution in [1.29, 1.82) is 0 Å². The molecule has 148 valence electrons. The Kier molecular flexibility index (Phi) is 6.15. The van der Waals surface area contributed by atoms with Crippen molar-refractivity contribution in [3.8, 4) is 0 Å². The molecule has 0 bridgehead atoms. The maximum absolute atomic E-state index is 12.5. The predicted octanol–water partition coefficient (Wildman–Crippen LogP) is 3.83. The zero-order chi connectivity index (χ0) is 20.3. The molecule has 1 fully saturated rings. The van der Waals surface area contributed by atoms with Crippen LogP contribution in [0.5, 0.6) is 0 Å². The number of anilines is 1. The van der Waals surface area contributed by atoms with E-state index in [0.717, 1.165) is 12.0 Å². The summed E-state index contributed by atoms with van der Waals surface area (Å²) in [5.41, 5.74) is 9.63. The summed E-state index contributed by atoms with van der Waals surface area (Å²) >= 11 is 0. The standard InChI is InChI=1S/C23H29N3O2/c1-14(2)16-7-9-17(10-8-16)21(24)13-25-22(27)18-5-4-6-19(12-18)26-23(28)20-11-15(20)3/h4-10,12,14-15,20-21H,11,13,24H2,1-3H3,(H,25,27)(H,26,28). The van der Waals surface area contributed by atoms with Crippen LogP contribution in [-0.4, -0.2) is 18.4 Å². The molecule has 3 atom stereocenters. The van der Waals surface area contributed by atoms with Crippen molar-refractivity contribution in [1.82, 2.24) is 5.32 Å². The molecule has 4 N–H and O–H groups in total. The molecule has 3 unspecified atom stereocenters. The molecule has 28 heavy (non-hydrogen) atoms. The summed E-state index contributed by atoms with van der Waals surface area (Å²) in [5, 5.41) is 5.77. The normalized spacial score (nSPS) is 19.2. The van der Waals surface area contributed by atoms with Crippen molar-refractivity contribution in [2.75, 3.05) is 11.9 Å². The number of nitrogens with one attached hydrogen (secondary N) is 2. The number of carbonyl (C=O) groups is 2. The molecule has 1 aliphatic carbocycles. The summed E-state index contributed by atoms with van der Waals surface area (Å²) in [7, 11) is 0. The van der Waals surface area contributed by atoms with Crippen LogP contribution in [0.1, 0.15) is 60.6 Å². The van der Waals surface area contributed by atoms with Gasteiger partial charge in [0.2, 0.25) is 5.91 Å². The molecule has 3 rings (SSSR count). The highest BCUT2D eigenvalue weighted by atomic mass is 16.2. The van der Waals surface area contributed by atoms with Crippen molar-refractivity contribution >= 4 is 17.5 Å². The van der Waals surface area contributed by atoms with E-state index in [1.54, 1.807) is 24.3 Å². The highest BCUT2D eigenvalue weighted by molar-refractivity contribution is 5.98. The molecule has 1 aliphatic rings. The van der Waals surface area contributed by atoms with Gasteiger partial charge in [0.05, 0.1) is 0 Å². The fraction of sp³-hybridized carbons (Fsp3) is 0.391. The zero-order valence-corrected chi connectivity index (χ0v) is 16.7. The fourth-order valence-electron chi connectivity index (χ4n) is 3.21. The SMILES string of the molecule is CC(C)c1ccc(C(N)CNC(=O)c2cccc(NC(=O)C3CC3C)c2)cc1. The van der Waals surface area contributed by atoms with Crippen LogP contribution in [0.3, 0.4) is 0 Å². The second kappa shape index (κ2) is 8.57. The minimum Gasteiger partial charge on any atom is -0.350 e. The first-order valence-corrected chi connectivity index (χ1v) is 9.89. The topological polar surface area (TPSA) is 84.2 Å². The maximum Gasteiger partial charge on any atom is 0.251 e. The molecule has 1 saturated carbocycles. The van der Waals surface area contributed by atoms with Gasteiger partial charge in [-0.2, -0.15) is 0 Å². The van der Waals surface area contributed by atoms with E-state index in [2.05, 4.69) is 43.5 Å². The van der Waals surface area contributed by atoms with E-state index >= 15 is 0 Å². The van der Waals surface area contributed by atoms with Crippen LogP contribution >= 0.6 is 0 Å². The molecule has 2 aromatic carbocycles. The summed E-state index contributed by atoms with van der Waals surface area (Å²) in [5.74, 6) is 0.836. The molecule has 0 spiro atoms. The van der Waals surface area contributed by atoms with E-state index in [9.17, 15) is 9.59 Å². The Labute approximate surface area is 166 Å². The first-order chi connectivity index (χ1) is 13.3. The molecule has 0 radical (unpaired) electrons. The third kappa shape index (κ3) is 4.98. The number of benzene rings is 2.